The normalized spacial score (nSPS) is 16.4. The molecular weight excluding hydrogens is 364 g/mol. The molecular formula is C20H28N2O6. The highest BCUT2D eigenvalue weighted by atomic mass is 16.6. The van der Waals surface area contributed by atoms with Gasteiger partial charge in [-0.15, -0.1) is 0 Å². The highest BCUT2D eigenvalue weighted by molar-refractivity contribution is 5.72. The van der Waals surface area contributed by atoms with Crippen LogP contribution in [0.3, 0.4) is 0 Å². The molecule has 0 bridgehead atoms. The zero-order valence-corrected chi connectivity index (χ0v) is 16.6. The summed E-state index contributed by atoms with van der Waals surface area (Å²) >= 11 is 0. The van der Waals surface area contributed by atoms with Crippen molar-refractivity contribution in [3.63, 3.8) is 0 Å². The van der Waals surface area contributed by atoms with Crippen LogP contribution >= 0.6 is 0 Å². The van der Waals surface area contributed by atoms with Gasteiger partial charge in [-0.1, -0.05) is 30.3 Å². The molecule has 1 unspecified atom stereocenters. The summed E-state index contributed by atoms with van der Waals surface area (Å²) in [7, 11) is 0. The van der Waals surface area contributed by atoms with Crippen LogP contribution in [0.2, 0.25) is 0 Å². The van der Waals surface area contributed by atoms with Crippen LogP contribution in [0.1, 0.15) is 39.2 Å². The van der Waals surface area contributed by atoms with E-state index in [1.165, 1.54) is 4.90 Å². The molecule has 1 fully saturated rings. The maximum Gasteiger partial charge on any atom is 0.410 e. The van der Waals surface area contributed by atoms with E-state index in [9.17, 15) is 14.4 Å². The second kappa shape index (κ2) is 9.96. The van der Waals surface area contributed by atoms with Crippen LogP contribution in [0.15, 0.2) is 30.3 Å². The molecule has 2 amide bonds. The number of likely N-dealkylation sites (tertiary alicyclic amines) is 1. The van der Waals surface area contributed by atoms with E-state index in [4.69, 9.17) is 14.2 Å². The third-order valence-corrected chi connectivity index (χ3v) is 3.90. The van der Waals surface area contributed by atoms with Gasteiger partial charge < -0.3 is 24.4 Å². The summed E-state index contributed by atoms with van der Waals surface area (Å²) in [5, 5.41) is 2.51. The quantitative estimate of drug-likeness (QED) is 0.591. The standard InChI is InChI=1S/C20H28N2O6/c1-20(2,3)28-18(24)21-11-9-17(23)27-16-10-12-22(13-16)19(25)26-14-15-7-5-4-6-8-15/h4-8,16H,9-14H2,1-3H3,(H,21,24). The van der Waals surface area contributed by atoms with Crippen molar-refractivity contribution < 1.29 is 28.6 Å². The molecule has 1 aliphatic rings. The molecule has 1 aliphatic heterocycles. The number of carbonyl (C=O) groups is 3. The average molecular weight is 392 g/mol. The molecule has 0 saturated carbocycles. The molecule has 1 aromatic rings. The first-order chi connectivity index (χ1) is 13.2. The van der Waals surface area contributed by atoms with Gasteiger partial charge in [0.2, 0.25) is 0 Å². The lowest BCUT2D eigenvalue weighted by molar-refractivity contribution is -0.148. The van der Waals surface area contributed by atoms with E-state index < -0.39 is 23.8 Å². The van der Waals surface area contributed by atoms with Crippen LogP contribution < -0.4 is 5.32 Å². The molecule has 1 saturated heterocycles. The SMILES string of the molecule is CC(C)(C)OC(=O)NCCC(=O)OC1CCN(C(=O)OCc2ccccc2)C1. The number of hydrogen-bond donors (Lipinski definition) is 1. The van der Waals surface area contributed by atoms with Crippen LogP contribution in [0.5, 0.6) is 0 Å². The Labute approximate surface area is 165 Å². The first-order valence-electron chi connectivity index (χ1n) is 9.35. The second-order valence-electron chi connectivity index (χ2n) is 7.57. The number of carbonyl (C=O) groups excluding carboxylic acids is 3. The van der Waals surface area contributed by atoms with Crippen molar-refractivity contribution in [2.75, 3.05) is 19.6 Å². The van der Waals surface area contributed by atoms with Crippen molar-refractivity contribution in [1.82, 2.24) is 10.2 Å². The first kappa shape index (κ1) is 21.5. The molecule has 8 heteroatoms. The Bertz CT molecular complexity index is 671. The van der Waals surface area contributed by atoms with E-state index in [-0.39, 0.29) is 25.7 Å². The van der Waals surface area contributed by atoms with Crippen molar-refractivity contribution in [1.29, 1.82) is 0 Å². The number of amides is 2. The lowest BCUT2D eigenvalue weighted by Gasteiger charge is -2.19. The predicted molar refractivity (Wildman–Crippen MR) is 102 cm³/mol. The van der Waals surface area contributed by atoms with Gasteiger partial charge in [-0.2, -0.15) is 0 Å². The monoisotopic (exact) mass is 392 g/mol. The van der Waals surface area contributed by atoms with Gasteiger partial charge in [-0.3, -0.25) is 4.79 Å². The zero-order chi connectivity index (χ0) is 20.6. The maximum absolute atomic E-state index is 12.1. The highest BCUT2D eigenvalue weighted by Gasteiger charge is 2.29. The largest absolute Gasteiger partial charge is 0.460 e. The number of ether oxygens (including phenoxy) is 3. The highest BCUT2D eigenvalue weighted by Crippen LogP contribution is 2.15. The van der Waals surface area contributed by atoms with Crippen LogP contribution in [-0.4, -0.2) is 54.4 Å². The number of nitrogens with one attached hydrogen (secondary N) is 1. The lowest BCUT2D eigenvalue weighted by atomic mass is 10.2. The number of hydrogen-bond acceptors (Lipinski definition) is 6. The van der Waals surface area contributed by atoms with Crippen LogP contribution in [0, 0.1) is 0 Å². The lowest BCUT2D eigenvalue weighted by Crippen LogP contribution is -2.34. The number of benzene rings is 1. The third kappa shape index (κ3) is 7.85. The van der Waals surface area contributed by atoms with Crippen LogP contribution in [0.25, 0.3) is 0 Å². The number of rotatable bonds is 6. The topological polar surface area (TPSA) is 94.2 Å². The van der Waals surface area contributed by atoms with E-state index >= 15 is 0 Å². The minimum absolute atomic E-state index is 0.0359. The minimum atomic E-state index is -0.590. The molecule has 0 spiro atoms. The summed E-state index contributed by atoms with van der Waals surface area (Å²) < 4.78 is 15.7. The van der Waals surface area contributed by atoms with Crippen LogP contribution in [0.4, 0.5) is 9.59 Å². The smallest absolute Gasteiger partial charge is 0.410 e. The number of alkyl carbamates (subject to hydrolysis) is 1. The van der Waals surface area contributed by atoms with Crippen molar-refractivity contribution in [2.45, 2.75) is 51.9 Å². The molecule has 2 rings (SSSR count). The first-order valence-corrected chi connectivity index (χ1v) is 9.35. The zero-order valence-electron chi connectivity index (χ0n) is 16.6. The molecule has 0 radical (unpaired) electrons. The predicted octanol–water partition coefficient (Wildman–Crippen LogP) is 2.86. The Hall–Kier alpha value is -2.77. The fourth-order valence-electron chi connectivity index (χ4n) is 2.63. The summed E-state index contributed by atoms with van der Waals surface area (Å²) in [5.41, 5.74) is 0.322. The second-order valence-corrected chi connectivity index (χ2v) is 7.57. The molecule has 0 aromatic heterocycles. The Balaban J connectivity index is 1.63. The molecule has 1 aromatic carbocycles. The Kier molecular flexibility index (Phi) is 7.66. The molecule has 28 heavy (non-hydrogen) atoms. The molecule has 154 valence electrons. The average Bonchev–Trinajstić information content (AvgIpc) is 3.07. The van der Waals surface area contributed by atoms with E-state index in [0.29, 0.717) is 19.5 Å². The third-order valence-electron chi connectivity index (χ3n) is 3.90. The van der Waals surface area contributed by atoms with E-state index in [0.717, 1.165) is 5.56 Å². The molecule has 1 atom stereocenters. The van der Waals surface area contributed by atoms with Crippen LogP contribution in [-0.2, 0) is 25.6 Å². The van der Waals surface area contributed by atoms with E-state index in [2.05, 4.69) is 5.32 Å². The van der Waals surface area contributed by atoms with Crippen molar-refractivity contribution in [2.24, 2.45) is 0 Å². The van der Waals surface area contributed by atoms with Gasteiger partial charge in [0.1, 0.15) is 18.3 Å². The minimum Gasteiger partial charge on any atom is -0.460 e. The van der Waals surface area contributed by atoms with Crippen molar-refractivity contribution >= 4 is 18.2 Å². The summed E-state index contributed by atoms with van der Waals surface area (Å²) in [6.07, 6.45) is -0.763. The fraction of sp³-hybridized carbons (Fsp3) is 0.550. The molecule has 0 aliphatic carbocycles. The van der Waals surface area contributed by atoms with Gasteiger partial charge >= 0.3 is 18.2 Å². The molecule has 1 heterocycles. The van der Waals surface area contributed by atoms with Gasteiger partial charge in [0.05, 0.1) is 13.0 Å². The van der Waals surface area contributed by atoms with E-state index in [1.54, 1.807) is 20.8 Å². The molecule has 1 N–H and O–H groups in total. The van der Waals surface area contributed by atoms with E-state index in [1.807, 2.05) is 30.3 Å². The summed E-state index contributed by atoms with van der Waals surface area (Å²) in [4.78, 5) is 37.1. The number of nitrogens with zero attached hydrogens (tertiary/aromatic N) is 1. The van der Waals surface area contributed by atoms with Gasteiger partial charge in [0, 0.05) is 19.5 Å². The summed E-state index contributed by atoms with van der Waals surface area (Å²) in [6, 6.07) is 9.42. The fourth-order valence-corrected chi connectivity index (χ4v) is 2.63. The Morgan fingerprint density at radius 2 is 1.89 bits per heavy atom. The summed E-state index contributed by atoms with van der Waals surface area (Å²) in [5.74, 6) is -0.430. The van der Waals surface area contributed by atoms with Gasteiger partial charge in [0.25, 0.3) is 0 Å². The number of esters is 1. The van der Waals surface area contributed by atoms with Gasteiger partial charge in [-0.25, -0.2) is 9.59 Å². The Morgan fingerprint density at radius 3 is 2.57 bits per heavy atom. The Morgan fingerprint density at radius 1 is 1.18 bits per heavy atom. The summed E-state index contributed by atoms with van der Waals surface area (Å²) in [6.45, 7) is 6.40. The maximum atomic E-state index is 12.1. The van der Waals surface area contributed by atoms with Gasteiger partial charge in [0.15, 0.2) is 0 Å². The van der Waals surface area contributed by atoms with Gasteiger partial charge in [-0.05, 0) is 26.3 Å². The van der Waals surface area contributed by atoms with Crippen molar-refractivity contribution in [3.8, 4) is 0 Å². The molecule has 8 nitrogen and oxygen atoms in total. The van der Waals surface area contributed by atoms with Crippen molar-refractivity contribution in [3.05, 3.63) is 35.9 Å².